The van der Waals surface area contributed by atoms with E-state index in [0.29, 0.717) is 19.1 Å². The molecular formula is C16H22O3. The lowest BCUT2D eigenvalue weighted by atomic mass is 9.84. The van der Waals surface area contributed by atoms with Crippen LogP contribution in [0.3, 0.4) is 0 Å². The fourth-order valence-corrected chi connectivity index (χ4v) is 2.32. The number of ether oxygens (including phenoxy) is 2. The normalized spacial score (nSPS) is 17.8. The average Bonchev–Trinajstić information content (AvgIpc) is 3.30. The highest BCUT2D eigenvalue weighted by atomic mass is 16.5. The van der Waals surface area contributed by atoms with Gasteiger partial charge in [-0.1, -0.05) is 18.2 Å². The van der Waals surface area contributed by atoms with Crippen molar-refractivity contribution < 1.29 is 14.6 Å². The molecule has 1 aliphatic carbocycles. The van der Waals surface area contributed by atoms with Gasteiger partial charge in [0.2, 0.25) is 0 Å². The molecule has 0 spiro atoms. The van der Waals surface area contributed by atoms with Crippen LogP contribution in [0.2, 0.25) is 0 Å². The van der Waals surface area contributed by atoms with E-state index < -0.39 is 0 Å². The lowest BCUT2D eigenvalue weighted by molar-refractivity contribution is 0.0141. The molecule has 0 saturated heterocycles. The number of hydrogen-bond acceptors (Lipinski definition) is 3. The number of benzene rings is 1. The lowest BCUT2D eigenvalue weighted by Crippen LogP contribution is -2.31. The van der Waals surface area contributed by atoms with Crippen molar-refractivity contribution in [2.75, 3.05) is 20.3 Å². The van der Waals surface area contributed by atoms with Crippen LogP contribution in [0.1, 0.15) is 18.4 Å². The van der Waals surface area contributed by atoms with E-state index in [9.17, 15) is 5.11 Å². The molecule has 104 valence electrons. The summed E-state index contributed by atoms with van der Waals surface area (Å²) in [6.45, 7) is 5.05. The lowest BCUT2D eigenvalue weighted by Gasteiger charge is -2.28. The van der Waals surface area contributed by atoms with Crippen molar-refractivity contribution in [3.8, 4) is 5.75 Å². The smallest absolute Gasteiger partial charge is 0.118 e. The van der Waals surface area contributed by atoms with Crippen molar-refractivity contribution in [3.63, 3.8) is 0 Å². The SMILES string of the molecule is C=CC(CO)(COCc1ccc(OC)cc1)C1CC1. The molecule has 0 amide bonds. The molecule has 19 heavy (non-hydrogen) atoms. The number of hydrogen-bond donors (Lipinski definition) is 1. The third-order valence-corrected chi connectivity index (χ3v) is 3.89. The highest BCUT2D eigenvalue weighted by Gasteiger charge is 2.42. The molecule has 0 bridgehead atoms. The summed E-state index contributed by atoms with van der Waals surface area (Å²) in [6.07, 6.45) is 4.19. The van der Waals surface area contributed by atoms with Gasteiger partial charge in [0.1, 0.15) is 5.75 Å². The topological polar surface area (TPSA) is 38.7 Å². The zero-order valence-corrected chi connectivity index (χ0v) is 11.5. The number of methoxy groups -OCH3 is 1. The maximum absolute atomic E-state index is 9.58. The summed E-state index contributed by atoms with van der Waals surface area (Å²) in [6, 6.07) is 7.83. The van der Waals surface area contributed by atoms with Crippen LogP contribution < -0.4 is 4.74 Å². The van der Waals surface area contributed by atoms with Crippen molar-refractivity contribution in [2.45, 2.75) is 19.4 Å². The molecule has 2 rings (SSSR count). The van der Waals surface area contributed by atoms with Gasteiger partial charge in [-0.2, -0.15) is 0 Å². The highest BCUT2D eigenvalue weighted by molar-refractivity contribution is 5.26. The molecule has 3 nitrogen and oxygen atoms in total. The summed E-state index contributed by atoms with van der Waals surface area (Å²) in [5.74, 6) is 1.38. The van der Waals surface area contributed by atoms with Gasteiger partial charge in [-0.25, -0.2) is 0 Å². The Kier molecular flexibility index (Phi) is 4.61. The summed E-state index contributed by atoms with van der Waals surface area (Å²) in [5, 5.41) is 9.58. The van der Waals surface area contributed by atoms with Gasteiger partial charge in [0, 0.05) is 5.41 Å². The molecule has 0 aromatic heterocycles. The Hall–Kier alpha value is -1.32. The van der Waals surface area contributed by atoms with Crippen LogP contribution in [0.25, 0.3) is 0 Å². The molecule has 0 aliphatic heterocycles. The molecule has 1 fully saturated rings. The van der Waals surface area contributed by atoms with Crippen LogP contribution in [0.4, 0.5) is 0 Å². The summed E-state index contributed by atoms with van der Waals surface area (Å²) in [5.41, 5.74) is 0.847. The Labute approximate surface area is 114 Å². The Bertz CT molecular complexity index is 409. The molecule has 0 radical (unpaired) electrons. The second kappa shape index (κ2) is 6.22. The van der Waals surface area contributed by atoms with Crippen LogP contribution in [-0.2, 0) is 11.3 Å². The molecule has 1 N–H and O–H groups in total. The van der Waals surface area contributed by atoms with Crippen molar-refractivity contribution in [2.24, 2.45) is 11.3 Å². The number of rotatable bonds is 8. The fourth-order valence-electron chi connectivity index (χ4n) is 2.32. The molecule has 3 heteroatoms. The second-order valence-electron chi connectivity index (χ2n) is 5.21. The molecule has 1 aromatic carbocycles. The molecule has 1 aromatic rings. The monoisotopic (exact) mass is 262 g/mol. The van der Waals surface area contributed by atoms with Gasteiger partial charge in [-0.15, -0.1) is 6.58 Å². The fraction of sp³-hybridized carbons (Fsp3) is 0.500. The molecular weight excluding hydrogens is 240 g/mol. The van der Waals surface area contributed by atoms with Gasteiger partial charge >= 0.3 is 0 Å². The van der Waals surface area contributed by atoms with Gasteiger partial charge in [-0.05, 0) is 36.5 Å². The maximum atomic E-state index is 9.58. The van der Waals surface area contributed by atoms with Gasteiger partial charge < -0.3 is 14.6 Å². The van der Waals surface area contributed by atoms with Crippen molar-refractivity contribution >= 4 is 0 Å². The minimum Gasteiger partial charge on any atom is -0.497 e. The first-order chi connectivity index (χ1) is 9.24. The molecule has 0 heterocycles. The summed E-state index contributed by atoms with van der Waals surface area (Å²) in [4.78, 5) is 0. The Balaban J connectivity index is 1.86. The third-order valence-electron chi connectivity index (χ3n) is 3.89. The van der Waals surface area contributed by atoms with Crippen LogP contribution in [0.15, 0.2) is 36.9 Å². The average molecular weight is 262 g/mol. The second-order valence-corrected chi connectivity index (χ2v) is 5.21. The van der Waals surface area contributed by atoms with E-state index in [1.165, 1.54) is 12.8 Å². The maximum Gasteiger partial charge on any atom is 0.118 e. The standard InChI is InChI=1S/C16H22O3/c1-3-16(11-17,14-6-7-14)12-19-10-13-4-8-15(18-2)9-5-13/h3-5,8-9,14,17H,1,6-7,10-12H2,2H3. The molecule has 1 atom stereocenters. The summed E-state index contributed by atoms with van der Waals surface area (Å²) >= 11 is 0. The Morgan fingerprint density at radius 3 is 2.53 bits per heavy atom. The van der Waals surface area contributed by atoms with E-state index in [1.54, 1.807) is 7.11 Å². The first kappa shape index (κ1) is 14.1. The zero-order chi connectivity index (χ0) is 13.7. The van der Waals surface area contributed by atoms with Crippen LogP contribution in [0, 0.1) is 11.3 Å². The number of aliphatic hydroxyl groups is 1. The zero-order valence-electron chi connectivity index (χ0n) is 11.5. The molecule has 1 unspecified atom stereocenters. The first-order valence-corrected chi connectivity index (χ1v) is 6.69. The van der Waals surface area contributed by atoms with Crippen LogP contribution in [-0.4, -0.2) is 25.4 Å². The summed E-state index contributed by atoms with van der Waals surface area (Å²) < 4.78 is 10.9. The Morgan fingerprint density at radius 1 is 1.37 bits per heavy atom. The van der Waals surface area contributed by atoms with Crippen LogP contribution >= 0.6 is 0 Å². The van der Waals surface area contributed by atoms with E-state index >= 15 is 0 Å². The van der Waals surface area contributed by atoms with Crippen LogP contribution in [0.5, 0.6) is 5.75 Å². The van der Waals surface area contributed by atoms with E-state index in [0.717, 1.165) is 11.3 Å². The minimum atomic E-state index is -0.257. The van der Waals surface area contributed by atoms with Crippen molar-refractivity contribution in [3.05, 3.63) is 42.5 Å². The third kappa shape index (κ3) is 3.37. The van der Waals surface area contributed by atoms with Gasteiger partial charge in [0.25, 0.3) is 0 Å². The van der Waals surface area contributed by atoms with E-state index in [2.05, 4.69) is 6.58 Å². The quantitative estimate of drug-likeness (QED) is 0.732. The first-order valence-electron chi connectivity index (χ1n) is 6.69. The predicted molar refractivity (Wildman–Crippen MR) is 75.1 cm³/mol. The minimum absolute atomic E-state index is 0.115. The van der Waals surface area contributed by atoms with Gasteiger partial charge in [0.05, 0.1) is 26.9 Å². The summed E-state index contributed by atoms with van der Waals surface area (Å²) in [7, 11) is 1.65. The molecule has 1 saturated carbocycles. The van der Waals surface area contributed by atoms with E-state index in [1.807, 2.05) is 30.3 Å². The van der Waals surface area contributed by atoms with Crippen molar-refractivity contribution in [1.29, 1.82) is 0 Å². The largest absolute Gasteiger partial charge is 0.497 e. The van der Waals surface area contributed by atoms with Gasteiger partial charge in [-0.3, -0.25) is 0 Å². The van der Waals surface area contributed by atoms with E-state index in [4.69, 9.17) is 9.47 Å². The predicted octanol–water partition coefficient (Wildman–Crippen LogP) is 2.79. The Morgan fingerprint density at radius 2 is 2.05 bits per heavy atom. The molecule has 1 aliphatic rings. The van der Waals surface area contributed by atoms with Crippen molar-refractivity contribution in [1.82, 2.24) is 0 Å². The van der Waals surface area contributed by atoms with Gasteiger partial charge in [0.15, 0.2) is 0 Å². The number of aliphatic hydroxyl groups excluding tert-OH is 1. The highest BCUT2D eigenvalue weighted by Crippen LogP contribution is 2.46. The van der Waals surface area contributed by atoms with E-state index in [-0.39, 0.29) is 12.0 Å².